The number of pyridine rings is 1. The van der Waals surface area contributed by atoms with Crippen LogP contribution < -0.4 is 14.9 Å². The van der Waals surface area contributed by atoms with Crippen molar-refractivity contribution in [1.82, 2.24) is 4.57 Å². The largest absolute Gasteiger partial charge is 0.497 e. The highest BCUT2D eigenvalue weighted by molar-refractivity contribution is 5.86. The molecule has 0 atom stereocenters. The molecule has 6 nitrogen and oxygen atoms in total. The van der Waals surface area contributed by atoms with Gasteiger partial charge in [0.1, 0.15) is 11.5 Å². The first kappa shape index (κ1) is 13.9. The van der Waals surface area contributed by atoms with Crippen molar-refractivity contribution in [3.05, 3.63) is 34.6 Å². The third-order valence-corrected chi connectivity index (χ3v) is 3.03. The van der Waals surface area contributed by atoms with E-state index in [1.807, 2.05) is 0 Å². The number of carboxylic acids is 1. The summed E-state index contributed by atoms with van der Waals surface area (Å²) in [5.41, 5.74) is 0.408. The molecule has 20 heavy (non-hydrogen) atoms. The molecule has 0 radical (unpaired) electrons. The number of aliphatic carboxylic acids is 1. The molecule has 0 saturated heterocycles. The summed E-state index contributed by atoms with van der Waals surface area (Å²) in [7, 11) is 3.00. The van der Waals surface area contributed by atoms with E-state index in [1.165, 1.54) is 20.3 Å². The van der Waals surface area contributed by atoms with E-state index >= 15 is 0 Å². The molecule has 0 aliphatic carbocycles. The molecule has 0 bridgehead atoms. The number of aromatic nitrogens is 1. The van der Waals surface area contributed by atoms with E-state index in [0.29, 0.717) is 22.4 Å². The molecule has 2 aromatic rings. The third kappa shape index (κ3) is 2.59. The van der Waals surface area contributed by atoms with E-state index in [-0.39, 0.29) is 18.4 Å². The van der Waals surface area contributed by atoms with Gasteiger partial charge in [-0.25, -0.2) is 0 Å². The van der Waals surface area contributed by atoms with E-state index in [2.05, 4.69) is 0 Å². The van der Waals surface area contributed by atoms with Crippen molar-refractivity contribution in [2.45, 2.75) is 13.0 Å². The van der Waals surface area contributed by atoms with Gasteiger partial charge in [0, 0.05) is 24.9 Å². The maximum atomic E-state index is 12.0. The van der Waals surface area contributed by atoms with Crippen LogP contribution in [0.3, 0.4) is 0 Å². The molecule has 106 valence electrons. The zero-order valence-corrected chi connectivity index (χ0v) is 11.3. The van der Waals surface area contributed by atoms with E-state index in [4.69, 9.17) is 14.6 Å². The number of aryl methyl sites for hydroxylation is 1. The highest BCUT2D eigenvalue weighted by Gasteiger charge is 2.12. The van der Waals surface area contributed by atoms with Crippen molar-refractivity contribution in [2.24, 2.45) is 0 Å². The quantitative estimate of drug-likeness (QED) is 0.896. The Balaban J connectivity index is 2.68. The van der Waals surface area contributed by atoms with Crippen LogP contribution in [0.15, 0.2) is 29.2 Å². The molecule has 0 fully saturated rings. The fraction of sp³-hybridized carbons (Fsp3) is 0.286. The Morgan fingerprint density at radius 1 is 1.30 bits per heavy atom. The summed E-state index contributed by atoms with van der Waals surface area (Å²) in [4.78, 5) is 22.7. The molecular weight excluding hydrogens is 262 g/mol. The molecule has 0 aliphatic heterocycles. The number of rotatable bonds is 5. The maximum absolute atomic E-state index is 12.0. The first-order valence-electron chi connectivity index (χ1n) is 6.03. The molecule has 0 spiro atoms. The van der Waals surface area contributed by atoms with Crippen molar-refractivity contribution >= 4 is 16.9 Å². The normalized spacial score (nSPS) is 10.5. The lowest BCUT2D eigenvalue weighted by Crippen LogP contribution is -2.11. The number of ether oxygens (including phenoxy) is 2. The fourth-order valence-electron chi connectivity index (χ4n) is 2.06. The van der Waals surface area contributed by atoms with Crippen LogP contribution in [0.2, 0.25) is 0 Å². The van der Waals surface area contributed by atoms with Gasteiger partial charge in [-0.05, 0) is 6.07 Å². The average Bonchev–Trinajstić information content (AvgIpc) is 2.45. The summed E-state index contributed by atoms with van der Waals surface area (Å²) in [6, 6.07) is 4.69. The number of fused-ring (bicyclic) bond motifs is 1. The van der Waals surface area contributed by atoms with Gasteiger partial charge in [0.15, 0.2) is 5.43 Å². The summed E-state index contributed by atoms with van der Waals surface area (Å²) in [6.45, 7) is 0.259. The van der Waals surface area contributed by atoms with Gasteiger partial charge in [-0.1, -0.05) is 0 Å². The second kappa shape index (κ2) is 5.64. The minimum absolute atomic E-state index is 0.0346. The second-order valence-electron chi connectivity index (χ2n) is 4.24. The van der Waals surface area contributed by atoms with Crippen molar-refractivity contribution in [3.63, 3.8) is 0 Å². The van der Waals surface area contributed by atoms with Gasteiger partial charge in [0.05, 0.1) is 31.5 Å². The smallest absolute Gasteiger partial charge is 0.305 e. The first-order valence-corrected chi connectivity index (χ1v) is 6.03. The predicted molar refractivity (Wildman–Crippen MR) is 73.6 cm³/mol. The lowest BCUT2D eigenvalue weighted by Gasteiger charge is -2.14. The van der Waals surface area contributed by atoms with Gasteiger partial charge >= 0.3 is 5.97 Å². The molecule has 1 aromatic carbocycles. The van der Waals surface area contributed by atoms with E-state index in [0.717, 1.165) is 0 Å². The molecule has 6 heteroatoms. The second-order valence-corrected chi connectivity index (χ2v) is 4.24. The molecule has 0 amide bonds. The predicted octanol–water partition coefficient (Wildman–Crippen LogP) is 1.49. The lowest BCUT2D eigenvalue weighted by molar-refractivity contribution is -0.137. The Labute approximate surface area is 115 Å². The molecule has 1 aromatic heterocycles. The highest BCUT2D eigenvalue weighted by Crippen LogP contribution is 2.29. The van der Waals surface area contributed by atoms with Crippen molar-refractivity contribution in [3.8, 4) is 11.5 Å². The van der Waals surface area contributed by atoms with Crippen molar-refractivity contribution in [1.29, 1.82) is 0 Å². The summed E-state index contributed by atoms with van der Waals surface area (Å²) in [5, 5.41) is 9.22. The minimum Gasteiger partial charge on any atom is -0.497 e. The van der Waals surface area contributed by atoms with Gasteiger partial charge in [0.25, 0.3) is 0 Å². The number of methoxy groups -OCH3 is 2. The van der Waals surface area contributed by atoms with Gasteiger partial charge in [-0.2, -0.15) is 0 Å². The molecule has 1 N–H and O–H groups in total. The van der Waals surface area contributed by atoms with Crippen LogP contribution >= 0.6 is 0 Å². The molecule has 0 saturated carbocycles. The number of benzene rings is 1. The van der Waals surface area contributed by atoms with E-state index < -0.39 is 5.97 Å². The average molecular weight is 277 g/mol. The molecule has 1 heterocycles. The standard InChI is InChI=1S/C14H15NO5/c1-19-9-7-10-11(16)3-5-15(6-4-13(17)18)14(10)12(8-9)20-2/h3,5,7-8H,4,6H2,1-2H3,(H,17,18). The molecule has 2 rings (SSSR count). The highest BCUT2D eigenvalue weighted by atomic mass is 16.5. The maximum Gasteiger partial charge on any atom is 0.305 e. The monoisotopic (exact) mass is 277 g/mol. The number of hydrogen-bond donors (Lipinski definition) is 1. The summed E-state index contributed by atoms with van der Waals surface area (Å²) in [6.07, 6.45) is 1.54. The Bertz CT molecular complexity index is 705. The van der Waals surface area contributed by atoms with Gasteiger partial charge < -0.3 is 19.1 Å². The van der Waals surface area contributed by atoms with Crippen LogP contribution in [-0.4, -0.2) is 29.9 Å². The van der Waals surface area contributed by atoms with Crippen molar-refractivity contribution < 1.29 is 19.4 Å². The Kier molecular flexibility index (Phi) is 3.93. The molecule has 0 aliphatic rings. The molecule has 0 unspecified atom stereocenters. The minimum atomic E-state index is -0.899. The van der Waals surface area contributed by atoms with Crippen LogP contribution in [0, 0.1) is 0 Å². The van der Waals surface area contributed by atoms with Crippen LogP contribution in [0.4, 0.5) is 0 Å². The fourth-order valence-corrected chi connectivity index (χ4v) is 2.06. The SMILES string of the molecule is COc1cc(OC)c2c(c1)c(=O)ccn2CCC(=O)O. The van der Waals surface area contributed by atoms with Crippen LogP contribution in [0.5, 0.6) is 11.5 Å². The Morgan fingerprint density at radius 3 is 2.65 bits per heavy atom. The zero-order valence-electron chi connectivity index (χ0n) is 11.3. The van der Waals surface area contributed by atoms with Gasteiger partial charge in [-0.3, -0.25) is 9.59 Å². The zero-order chi connectivity index (χ0) is 14.7. The molecular formula is C14H15NO5. The van der Waals surface area contributed by atoms with Gasteiger partial charge in [-0.15, -0.1) is 0 Å². The number of nitrogens with zero attached hydrogens (tertiary/aromatic N) is 1. The van der Waals surface area contributed by atoms with Crippen LogP contribution in [0.25, 0.3) is 10.9 Å². The summed E-state index contributed by atoms with van der Waals surface area (Å²) in [5.74, 6) is 0.0919. The Hall–Kier alpha value is -2.50. The number of carbonyl (C=O) groups is 1. The number of carboxylic acid groups (broad SMARTS) is 1. The number of hydrogen-bond acceptors (Lipinski definition) is 4. The van der Waals surface area contributed by atoms with E-state index in [1.54, 1.807) is 22.9 Å². The van der Waals surface area contributed by atoms with Gasteiger partial charge in [0.2, 0.25) is 0 Å². The summed E-state index contributed by atoms with van der Waals surface area (Å²) >= 11 is 0. The first-order chi connectivity index (χ1) is 9.56. The van der Waals surface area contributed by atoms with Crippen molar-refractivity contribution in [2.75, 3.05) is 14.2 Å². The summed E-state index contributed by atoms with van der Waals surface area (Å²) < 4.78 is 12.1. The van der Waals surface area contributed by atoms with Crippen LogP contribution in [-0.2, 0) is 11.3 Å². The van der Waals surface area contributed by atoms with Crippen LogP contribution in [0.1, 0.15) is 6.42 Å². The lowest BCUT2D eigenvalue weighted by atomic mass is 10.1. The Morgan fingerprint density at radius 2 is 2.05 bits per heavy atom. The topological polar surface area (TPSA) is 77.8 Å². The van der Waals surface area contributed by atoms with E-state index in [9.17, 15) is 9.59 Å². The third-order valence-electron chi connectivity index (χ3n) is 3.03.